The van der Waals surface area contributed by atoms with Gasteiger partial charge in [0.05, 0.1) is 5.69 Å². The number of aromatic nitrogens is 3. The Labute approximate surface area is 121 Å². The molecule has 98 valence electrons. The van der Waals surface area contributed by atoms with Gasteiger partial charge in [-0.05, 0) is 0 Å². The lowest BCUT2D eigenvalue weighted by Gasteiger charge is -2.08. The van der Waals surface area contributed by atoms with E-state index < -0.39 is 5.82 Å². The van der Waals surface area contributed by atoms with Gasteiger partial charge >= 0.3 is 0 Å². The minimum atomic E-state index is -0.725. The van der Waals surface area contributed by atoms with Crippen LogP contribution in [0.15, 0.2) is 23.2 Å². The Morgan fingerprint density at radius 3 is 2.20 bits per heavy atom. The predicted octanol–water partition coefficient (Wildman–Crippen LogP) is 2.92. The van der Waals surface area contributed by atoms with Gasteiger partial charge in [0.25, 0.3) is 0 Å². The summed E-state index contributed by atoms with van der Waals surface area (Å²) in [5.74, 6) is -0.725. The molecule has 8 heteroatoms. The second-order valence-corrected chi connectivity index (χ2v) is 5.49. The van der Waals surface area contributed by atoms with Crippen molar-refractivity contribution in [1.82, 2.24) is 15.0 Å². The van der Waals surface area contributed by atoms with E-state index in [1.54, 1.807) is 23.2 Å². The lowest BCUT2D eigenvalue weighted by molar-refractivity contribution is 0.630. The maximum Gasteiger partial charge on any atom is 0.176 e. The van der Waals surface area contributed by atoms with Gasteiger partial charge in [0.2, 0.25) is 0 Å². The van der Waals surface area contributed by atoms with Crippen molar-refractivity contribution in [2.75, 3.05) is 5.73 Å². The molecule has 0 bridgehead atoms. The summed E-state index contributed by atoms with van der Waals surface area (Å²) in [5.41, 5.74) is 5.82. The molecule has 3 heterocycles. The van der Waals surface area contributed by atoms with E-state index in [4.69, 9.17) is 5.73 Å². The number of hydrogen-bond acceptors (Lipinski definition) is 7. The van der Waals surface area contributed by atoms with Gasteiger partial charge in [0, 0.05) is 23.2 Å². The quantitative estimate of drug-likeness (QED) is 0.786. The highest BCUT2D eigenvalue weighted by molar-refractivity contribution is 7.13. The molecule has 0 saturated carbocycles. The van der Waals surface area contributed by atoms with Crippen molar-refractivity contribution < 1.29 is 4.39 Å². The van der Waals surface area contributed by atoms with Crippen LogP contribution >= 0.6 is 22.7 Å². The SMILES string of the molecule is N#Cc1c(-c2nccs2)nc(-c2nccs2)c(F)c1N. The normalized spacial score (nSPS) is 10.4. The largest absolute Gasteiger partial charge is 0.395 e. The second-order valence-electron chi connectivity index (χ2n) is 3.70. The Morgan fingerprint density at radius 2 is 1.70 bits per heavy atom. The number of nitrogens with zero attached hydrogens (tertiary/aromatic N) is 4. The van der Waals surface area contributed by atoms with Crippen LogP contribution in [0.4, 0.5) is 10.1 Å². The summed E-state index contributed by atoms with van der Waals surface area (Å²) in [4.78, 5) is 12.3. The molecule has 20 heavy (non-hydrogen) atoms. The molecule has 0 aliphatic heterocycles. The van der Waals surface area contributed by atoms with Gasteiger partial charge in [0.1, 0.15) is 33.0 Å². The lowest BCUT2D eigenvalue weighted by Crippen LogP contribution is -2.03. The number of thiazole rings is 2. The lowest BCUT2D eigenvalue weighted by atomic mass is 10.1. The molecule has 0 aromatic carbocycles. The van der Waals surface area contributed by atoms with Gasteiger partial charge in [-0.1, -0.05) is 0 Å². The number of nitrogen functional groups attached to an aromatic ring is 1. The third-order valence-corrected chi connectivity index (χ3v) is 4.12. The third kappa shape index (κ3) is 1.93. The zero-order valence-electron chi connectivity index (χ0n) is 9.87. The maximum absolute atomic E-state index is 14.2. The summed E-state index contributed by atoms with van der Waals surface area (Å²) in [6.07, 6.45) is 3.14. The highest BCUT2D eigenvalue weighted by Gasteiger charge is 2.22. The van der Waals surface area contributed by atoms with Crippen molar-refractivity contribution in [3.05, 3.63) is 34.5 Å². The molecule has 3 aromatic heterocycles. The van der Waals surface area contributed by atoms with Gasteiger partial charge in [-0.3, -0.25) is 0 Å². The number of halogens is 1. The first-order chi connectivity index (χ1) is 9.72. The highest BCUT2D eigenvalue weighted by Crippen LogP contribution is 2.34. The van der Waals surface area contributed by atoms with E-state index in [1.807, 2.05) is 6.07 Å². The monoisotopic (exact) mass is 303 g/mol. The van der Waals surface area contributed by atoms with Gasteiger partial charge in [0.15, 0.2) is 5.82 Å². The fraction of sp³-hybridized carbons (Fsp3) is 0. The van der Waals surface area contributed by atoms with E-state index in [9.17, 15) is 9.65 Å². The Hall–Kier alpha value is -2.37. The van der Waals surface area contributed by atoms with Crippen molar-refractivity contribution in [2.45, 2.75) is 0 Å². The summed E-state index contributed by atoms with van der Waals surface area (Å²) < 4.78 is 14.2. The number of rotatable bonds is 2. The Morgan fingerprint density at radius 1 is 1.10 bits per heavy atom. The minimum Gasteiger partial charge on any atom is -0.395 e. The smallest absolute Gasteiger partial charge is 0.176 e. The molecule has 0 fully saturated rings. The number of pyridine rings is 1. The van der Waals surface area contributed by atoms with Crippen LogP contribution in [0.3, 0.4) is 0 Å². The fourth-order valence-electron chi connectivity index (χ4n) is 1.67. The molecule has 3 rings (SSSR count). The van der Waals surface area contributed by atoms with E-state index in [0.29, 0.717) is 10.0 Å². The second kappa shape index (κ2) is 4.96. The Bertz CT molecular complexity index is 790. The molecule has 0 aliphatic carbocycles. The molecule has 0 radical (unpaired) electrons. The molecule has 0 atom stereocenters. The molecule has 0 aliphatic rings. The molecule has 0 saturated heterocycles. The minimum absolute atomic E-state index is 0.00208. The molecule has 0 unspecified atom stereocenters. The van der Waals surface area contributed by atoms with Crippen molar-refractivity contribution in [2.24, 2.45) is 0 Å². The number of nitrogens with two attached hydrogens (primary N) is 1. The van der Waals surface area contributed by atoms with Crippen LogP contribution in [0.1, 0.15) is 5.56 Å². The summed E-state index contributed by atoms with van der Waals surface area (Å²) >= 11 is 2.56. The summed E-state index contributed by atoms with van der Waals surface area (Å²) in [6, 6.07) is 1.89. The zero-order valence-corrected chi connectivity index (χ0v) is 11.5. The van der Waals surface area contributed by atoms with E-state index >= 15 is 0 Å². The molecule has 0 spiro atoms. The van der Waals surface area contributed by atoms with Gasteiger partial charge in [-0.25, -0.2) is 19.3 Å². The van der Waals surface area contributed by atoms with E-state index in [-0.39, 0.29) is 22.6 Å². The van der Waals surface area contributed by atoms with Crippen LogP contribution in [-0.2, 0) is 0 Å². The van der Waals surface area contributed by atoms with Crippen LogP contribution in [-0.4, -0.2) is 15.0 Å². The van der Waals surface area contributed by atoms with Crippen LogP contribution in [0, 0.1) is 17.1 Å². The van der Waals surface area contributed by atoms with E-state index in [1.165, 1.54) is 22.7 Å². The highest BCUT2D eigenvalue weighted by atomic mass is 32.1. The van der Waals surface area contributed by atoms with Crippen molar-refractivity contribution in [3.8, 4) is 27.5 Å². The summed E-state index contributed by atoms with van der Waals surface area (Å²) in [7, 11) is 0. The number of anilines is 1. The maximum atomic E-state index is 14.2. The molecule has 3 aromatic rings. The van der Waals surface area contributed by atoms with Crippen molar-refractivity contribution in [1.29, 1.82) is 5.26 Å². The molecule has 2 N–H and O–H groups in total. The average molecular weight is 303 g/mol. The van der Waals surface area contributed by atoms with Crippen LogP contribution in [0.25, 0.3) is 21.4 Å². The van der Waals surface area contributed by atoms with Crippen molar-refractivity contribution in [3.63, 3.8) is 0 Å². The first kappa shape index (κ1) is 12.7. The Kier molecular flexibility index (Phi) is 3.14. The standard InChI is InChI=1S/C12H6FN5S2/c13-7-8(15)6(5-14)9(11-16-1-3-19-11)18-10(7)12-17-2-4-20-12/h1-4H,(H2,15,18). The van der Waals surface area contributed by atoms with Crippen molar-refractivity contribution >= 4 is 28.4 Å². The number of nitriles is 1. The molecule has 5 nitrogen and oxygen atoms in total. The van der Waals surface area contributed by atoms with E-state index in [2.05, 4.69) is 15.0 Å². The van der Waals surface area contributed by atoms with Crippen LogP contribution in [0.2, 0.25) is 0 Å². The molecular weight excluding hydrogens is 297 g/mol. The van der Waals surface area contributed by atoms with Gasteiger partial charge < -0.3 is 5.73 Å². The van der Waals surface area contributed by atoms with E-state index in [0.717, 1.165) is 0 Å². The summed E-state index contributed by atoms with van der Waals surface area (Å²) in [5, 5.41) is 13.6. The zero-order chi connectivity index (χ0) is 14.1. The van der Waals surface area contributed by atoms with Crippen LogP contribution in [0.5, 0.6) is 0 Å². The first-order valence-corrected chi connectivity index (χ1v) is 7.17. The van der Waals surface area contributed by atoms with Crippen LogP contribution < -0.4 is 5.73 Å². The predicted molar refractivity (Wildman–Crippen MR) is 75.5 cm³/mol. The number of hydrogen-bond donors (Lipinski definition) is 1. The Balaban J connectivity index is 2.32. The van der Waals surface area contributed by atoms with Gasteiger partial charge in [-0.2, -0.15) is 5.26 Å². The topological polar surface area (TPSA) is 88.5 Å². The third-order valence-electron chi connectivity index (χ3n) is 2.56. The summed E-state index contributed by atoms with van der Waals surface area (Å²) in [6.45, 7) is 0. The molecular formula is C12H6FN5S2. The average Bonchev–Trinajstić information content (AvgIpc) is 3.13. The molecule has 0 amide bonds. The van der Waals surface area contributed by atoms with Gasteiger partial charge in [-0.15, -0.1) is 22.7 Å². The fourth-order valence-corrected chi connectivity index (χ4v) is 2.92. The first-order valence-electron chi connectivity index (χ1n) is 5.41.